The van der Waals surface area contributed by atoms with Crippen LogP contribution in [0.4, 0.5) is 15.4 Å². The van der Waals surface area contributed by atoms with Gasteiger partial charge in [-0.25, -0.2) is 14.3 Å². The lowest BCUT2D eigenvalue weighted by Crippen LogP contribution is -2.40. The Kier molecular flexibility index (Phi) is 7.83. The molecule has 2 N–H and O–H groups in total. The summed E-state index contributed by atoms with van der Waals surface area (Å²) in [5, 5.41) is 10.5. The zero-order valence-electron chi connectivity index (χ0n) is 21.0. The number of hydrogen-bond donors (Lipinski definition) is 2. The highest BCUT2D eigenvalue weighted by atomic mass is 16.7. The first-order chi connectivity index (χ1) is 16.0. The Hall–Kier alpha value is -3.11. The van der Waals surface area contributed by atoms with Crippen LogP contribution in [-0.4, -0.2) is 66.0 Å². The second-order valence-electron chi connectivity index (χ2n) is 9.42. The number of hydrogen-bond acceptors (Lipinski definition) is 6. The van der Waals surface area contributed by atoms with E-state index in [0.29, 0.717) is 18.8 Å². The van der Waals surface area contributed by atoms with Gasteiger partial charge < -0.3 is 24.4 Å². The van der Waals surface area contributed by atoms with E-state index in [1.54, 1.807) is 9.58 Å². The van der Waals surface area contributed by atoms with Gasteiger partial charge in [0, 0.05) is 32.7 Å². The molecular weight excluding hydrogens is 438 g/mol. The molecule has 1 aliphatic rings. The van der Waals surface area contributed by atoms with E-state index in [-0.39, 0.29) is 13.1 Å². The first-order valence-electron chi connectivity index (χ1n) is 11.3. The predicted molar refractivity (Wildman–Crippen MR) is 128 cm³/mol. The standard InChI is InChI=1S/C24H35N5O5/c1-15-10-16(2)12-17(11-15)29-21(26-22(30)25-13-20(32-6)33-7)18-14-28(9-8-19(18)27-29)23(31)34-24(3,4)5/h10-12,20H,8-9,13-14H2,1-7H3,(H2,25,26,30). The smallest absolute Gasteiger partial charge is 0.410 e. The van der Waals surface area contributed by atoms with Gasteiger partial charge in [0.15, 0.2) is 6.29 Å². The summed E-state index contributed by atoms with van der Waals surface area (Å²) >= 11 is 0. The highest BCUT2D eigenvalue weighted by Crippen LogP contribution is 2.30. The van der Waals surface area contributed by atoms with E-state index in [9.17, 15) is 9.59 Å². The summed E-state index contributed by atoms with van der Waals surface area (Å²) < 4.78 is 17.6. The monoisotopic (exact) mass is 473 g/mol. The van der Waals surface area contributed by atoms with Crippen molar-refractivity contribution in [3.63, 3.8) is 0 Å². The van der Waals surface area contributed by atoms with Crippen LogP contribution < -0.4 is 10.6 Å². The van der Waals surface area contributed by atoms with Gasteiger partial charge in [-0.2, -0.15) is 5.10 Å². The van der Waals surface area contributed by atoms with Gasteiger partial charge in [0.05, 0.1) is 24.5 Å². The van der Waals surface area contributed by atoms with Crippen molar-refractivity contribution < 1.29 is 23.8 Å². The molecule has 186 valence electrons. The molecule has 0 saturated heterocycles. The zero-order valence-corrected chi connectivity index (χ0v) is 21.0. The van der Waals surface area contributed by atoms with Crippen LogP contribution in [0.2, 0.25) is 0 Å². The van der Waals surface area contributed by atoms with Crippen molar-refractivity contribution in [2.24, 2.45) is 0 Å². The van der Waals surface area contributed by atoms with Gasteiger partial charge in [0.2, 0.25) is 0 Å². The average molecular weight is 474 g/mol. The molecule has 10 heteroatoms. The molecule has 3 amide bonds. The fourth-order valence-corrected chi connectivity index (χ4v) is 3.83. The second kappa shape index (κ2) is 10.4. The quantitative estimate of drug-likeness (QED) is 0.622. The third kappa shape index (κ3) is 6.27. The number of carbonyl (C=O) groups excluding carboxylic acids is 2. The van der Waals surface area contributed by atoms with E-state index in [1.807, 2.05) is 46.8 Å². The Balaban J connectivity index is 1.93. The van der Waals surface area contributed by atoms with Crippen LogP contribution in [0.5, 0.6) is 0 Å². The van der Waals surface area contributed by atoms with E-state index in [2.05, 4.69) is 16.7 Å². The molecule has 1 aromatic carbocycles. The molecule has 0 fully saturated rings. The summed E-state index contributed by atoms with van der Waals surface area (Å²) in [6, 6.07) is 5.66. The Morgan fingerprint density at radius 2 is 1.76 bits per heavy atom. The van der Waals surface area contributed by atoms with Crippen molar-refractivity contribution >= 4 is 17.9 Å². The maximum atomic E-state index is 12.8. The summed E-state index contributed by atoms with van der Waals surface area (Å²) in [6.07, 6.45) is -0.402. The van der Waals surface area contributed by atoms with E-state index in [4.69, 9.17) is 19.3 Å². The first-order valence-corrected chi connectivity index (χ1v) is 11.3. The largest absolute Gasteiger partial charge is 0.444 e. The number of aromatic nitrogens is 2. The van der Waals surface area contributed by atoms with Gasteiger partial charge in [0.1, 0.15) is 11.4 Å². The highest BCUT2D eigenvalue weighted by Gasteiger charge is 2.31. The van der Waals surface area contributed by atoms with Crippen LogP contribution in [0.15, 0.2) is 18.2 Å². The van der Waals surface area contributed by atoms with E-state index >= 15 is 0 Å². The number of fused-ring (bicyclic) bond motifs is 1. The number of nitrogens with one attached hydrogen (secondary N) is 2. The van der Waals surface area contributed by atoms with E-state index in [1.165, 1.54) is 14.2 Å². The maximum Gasteiger partial charge on any atom is 0.410 e. The van der Waals surface area contributed by atoms with Gasteiger partial charge in [-0.05, 0) is 57.9 Å². The fraction of sp³-hybridized carbons (Fsp3) is 0.542. The van der Waals surface area contributed by atoms with Crippen LogP contribution >= 0.6 is 0 Å². The topological polar surface area (TPSA) is 107 Å². The van der Waals surface area contributed by atoms with Gasteiger partial charge in [-0.1, -0.05) is 6.07 Å². The minimum Gasteiger partial charge on any atom is -0.444 e. The SMILES string of the molecule is COC(CNC(=O)Nc1c2c(nn1-c1cc(C)cc(C)c1)CCN(C(=O)OC(C)(C)C)C2)OC. The van der Waals surface area contributed by atoms with Gasteiger partial charge >= 0.3 is 12.1 Å². The molecule has 10 nitrogen and oxygen atoms in total. The lowest BCUT2D eigenvalue weighted by Gasteiger charge is -2.29. The molecule has 1 aromatic heterocycles. The van der Waals surface area contributed by atoms with Crippen molar-refractivity contribution in [2.75, 3.05) is 32.6 Å². The van der Waals surface area contributed by atoms with Crippen LogP contribution in [0.3, 0.4) is 0 Å². The number of urea groups is 1. The molecule has 0 radical (unpaired) electrons. The highest BCUT2D eigenvalue weighted by molar-refractivity contribution is 5.90. The molecule has 0 atom stereocenters. The summed E-state index contributed by atoms with van der Waals surface area (Å²) in [5.41, 5.74) is 4.01. The zero-order chi connectivity index (χ0) is 25.0. The molecule has 0 spiro atoms. The third-order valence-corrected chi connectivity index (χ3v) is 5.32. The molecule has 0 bridgehead atoms. The summed E-state index contributed by atoms with van der Waals surface area (Å²) in [4.78, 5) is 27.1. The van der Waals surface area contributed by atoms with E-state index < -0.39 is 24.0 Å². The second-order valence-corrected chi connectivity index (χ2v) is 9.42. The molecule has 0 saturated carbocycles. The number of benzene rings is 1. The summed E-state index contributed by atoms with van der Waals surface area (Å²) in [5.74, 6) is 0.511. The van der Waals surface area contributed by atoms with Crippen LogP contribution in [-0.2, 0) is 27.2 Å². The number of nitrogens with zero attached hydrogens (tertiary/aromatic N) is 3. The normalized spacial score (nSPS) is 13.6. The lowest BCUT2D eigenvalue weighted by atomic mass is 10.1. The van der Waals surface area contributed by atoms with Crippen LogP contribution in [0.25, 0.3) is 5.69 Å². The van der Waals surface area contributed by atoms with Crippen molar-refractivity contribution in [2.45, 2.75) is 59.5 Å². The third-order valence-electron chi connectivity index (χ3n) is 5.32. The number of anilines is 1. The minimum absolute atomic E-state index is 0.169. The molecule has 0 unspecified atom stereocenters. The fourth-order valence-electron chi connectivity index (χ4n) is 3.83. The summed E-state index contributed by atoms with van der Waals surface area (Å²) in [6.45, 7) is 10.5. The first kappa shape index (κ1) is 25.5. The summed E-state index contributed by atoms with van der Waals surface area (Å²) in [7, 11) is 3.01. The molecule has 3 rings (SSSR count). The van der Waals surface area contributed by atoms with Gasteiger partial charge in [-0.3, -0.25) is 5.32 Å². The molecule has 2 aromatic rings. The molecular formula is C24H35N5O5. The minimum atomic E-state index is -0.596. The van der Waals surface area contributed by atoms with Crippen molar-refractivity contribution in [3.8, 4) is 5.69 Å². The van der Waals surface area contributed by atoms with Crippen LogP contribution in [0, 0.1) is 13.8 Å². The van der Waals surface area contributed by atoms with Gasteiger partial charge in [0.25, 0.3) is 0 Å². The maximum absolute atomic E-state index is 12.8. The molecule has 2 heterocycles. The lowest BCUT2D eigenvalue weighted by molar-refractivity contribution is -0.0970. The molecule has 0 aliphatic carbocycles. The molecule has 34 heavy (non-hydrogen) atoms. The Labute approximate surface area is 200 Å². The number of carbonyl (C=O) groups is 2. The Morgan fingerprint density at radius 1 is 1.12 bits per heavy atom. The number of methoxy groups -OCH3 is 2. The predicted octanol–water partition coefficient (Wildman–Crippen LogP) is 3.52. The van der Waals surface area contributed by atoms with E-state index in [0.717, 1.165) is 28.1 Å². The number of rotatable bonds is 6. The van der Waals surface area contributed by atoms with Gasteiger partial charge in [-0.15, -0.1) is 0 Å². The van der Waals surface area contributed by atoms with Crippen molar-refractivity contribution in [1.29, 1.82) is 0 Å². The Morgan fingerprint density at radius 3 is 2.35 bits per heavy atom. The average Bonchev–Trinajstić information content (AvgIpc) is 3.10. The van der Waals surface area contributed by atoms with Crippen molar-refractivity contribution in [1.82, 2.24) is 20.0 Å². The molecule has 1 aliphatic heterocycles. The number of amides is 3. The van der Waals surface area contributed by atoms with Crippen LogP contribution in [0.1, 0.15) is 43.2 Å². The Bertz CT molecular complexity index is 1020. The number of aryl methyl sites for hydroxylation is 2. The van der Waals surface area contributed by atoms with Crippen molar-refractivity contribution in [3.05, 3.63) is 40.6 Å². The number of ether oxygens (including phenoxy) is 3.